The van der Waals surface area contributed by atoms with Gasteiger partial charge in [0.2, 0.25) is 0 Å². The Labute approximate surface area is 153 Å². The summed E-state index contributed by atoms with van der Waals surface area (Å²) in [6.07, 6.45) is 0.880. The fourth-order valence-corrected chi connectivity index (χ4v) is 4.14. The SMILES string of the molecule is COc1cccc2ccc(-c3ccc4c(c3O)[C@@H](C)N[C@H](C)C4)c(O)c12. The van der Waals surface area contributed by atoms with Crippen molar-refractivity contribution in [1.82, 2.24) is 5.32 Å². The molecular formula is C22H23NO3. The Hall–Kier alpha value is -2.72. The highest BCUT2D eigenvalue weighted by Gasteiger charge is 2.26. The minimum absolute atomic E-state index is 0.0610. The zero-order chi connectivity index (χ0) is 18.4. The molecule has 134 valence electrons. The third-order valence-corrected chi connectivity index (χ3v) is 5.29. The van der Waals surface area contributed by atoms with Crippen molar-refractivity contribution in [3.8, 4) is 28.4 Å². The van der Waals surface area contributed by atoms with Gasteiger partial charge < -0.3 is 20.3 Å². The van der Waals surface area contributed by atoms with Crippen LogP contribution in [0.2, 0.25) is 0 Å². The van der Waals surface area contributed by atoms with Gasteiger partial charge in [-0.3, -0.25) is 0 Å². The normalized spacial score (nSPS) is 19.3. The molecule has 26 heavy (non-hydrogen) atoms. The number of benzene rings is 3. The molecule has 1 heterocycles. The molecule has 3 aromatic rings. The monoisotopic (exact) mass is 349 g/mol. The van der Waals surface area contributed by atoms with Gasteiger partial charge in [0.1, 0.15) is 17.2 Å². The van der Waals surface area contributed by atoms with Crippen molar-refractivity contribution in [3.63, 3.8) is 0 Å². The van der Waals surface area contributed by atoms with Gasteiger partial charge in [0, 0.05) is 28.8 Å². The molecule has 0 aliphatic carbocycles. The molecular weight excluding hydrogens is 326 g/mol. The van der Waals surface area contributed by atoms with E-state index < -0.39 is 0 Å². The topological polar surface area (TPSA) is 61.7 Å². The van der Waals surface area contributed by atoms with Crippen LogP contribution in [-0.2, 0) is 6.42 Å². The maximum absolute atomic E-state index is 11.0. The molecule has 0 spiro atoms. The van der Waals surface area contributed by atoms with E-state index in [1.807, 2.05) is 36.4 Å². The Morgan fingerprint density at radius 3 is 2.46 bits per heavy atom. The summed E-state index contributed by atoms with van der Waals surface area (Å²) in [4.78, 5) is 0. The highest BCUT2D eigenvalue weighted by molar-refractivity contribution is 5.99. The van der Waals surface area contributed by atoms with Crippen LogP contribution in [0.25, 0.3) is 21.9 Å². The van der Waals surface area contributed by atoms with Gasteiger partial charge in [0.05, 0.1) is 12.5 Å². The number of nitrogens with one attached hydrogen (secondary N) is 1. The molecule has 4 nitrogen and oxygen atoms in total. The Bertz CT molecular complexity index is 996. The molecule has 0 unspecified atom stereocenters. The predicted molar refractivity (Wildman–Crippen MR) is 104 cm³/mol. The Morgan fingerprint density at radius 2 is 1.69 bits per heavy atom. The minimum Gasteiger partial charge on any atom is -0.507 e. The molecule has 3 N–H and O–H groups in total. The average Bonchev–Trinajstić information content (AvgIpc) is 2.62. The van der Waals surface area contributed by atoms with Crippen molar-refractivity contribution in [1.29, 1.82) is 0 Å². The second-order valence-electron chi connectivity index (χ2n) is 7.05. The van der Waals surface area contributed by atoms with Crippen molar-refractivity contribution < 1.29 is 14.9 Å². The van der Waals surface area contributed by atoms with Gasteiger partial charge in [-0.2, -0.15) is 0 Å². The molecule has 0 radical (unpaired) electrons. The van der Waals surface area contributed by atoms with Gasteiger partial charge >= 0.3 is 0 Å². The van der Waals surface area contributed by atoms with Gasteiger partial charge in [-0.15, -0.1) is 0 Å². The van der Waals surface area contributed by atoms with E-state index in [1.165, 1.54) is 0 Å². The molecule has 3 aromatic carbocycles. The number of hydrogen-bond acceptors (Lipinski definition) is 4. The first-order valence-electron chi connectivity index (χ1n) is 8.91. The number of phenolic OH excluding ortho intramolecular Hbond substituents is 2. The minimum atomic E-state index is 0.0610. The van der Waals surface area contributed by atoms with Crippen LogP contribution >= 0.6 is 0 Å². The molecule has 0 bridgehead atoms. The molecule has 0 saturated carbocycles. The van der Waals surface area contributed by atoms with E-state index in [-0.39, 0.29) is 17.5 Å². The first kappa shape index (κ1) is 16.7. The van der Waals surface area contributed by atoms with E-state index in [2.05, 4.69) is 25.2 Å². The van der Waals surface area contributed by atoms with Crippen LogP contribution < -0.4 is 10.1 Å². The van der Waals surface area contributed by atoms with Crippen molar-refractivity contribution in [2.24, 2.45) is 0 Å². The number of methoxy groups -OCH3 is 1. The molecule has 1 aliphatic rings. The van der Waals surface area contributed by atoms with Crippen LogP contribution in [0.3, 0.4) is 0 Å². The van der Waals surface area contributed by atoms with E-state index >= 15 is 0 Å². The third kappa shape index (κ3) is 2.49. The summed E-state index contributed by atoms with van der Waals surface area (Å²) in [7, 11) is 1.59. The Morgan fingerprint density at radius 1 is 0.962 bits per heavy atom. The maximum Gasteiger partial charge on any atom is 0.135 e. The average molecular weight is 349 g/mol. The third-order valence-electron chi connectivity index (χ3n) is 5.29. The molecule has 2 atom stereocenters. The lowest BCUT2D eigenvalue weighted by atomic mass is 9.87. The second kappa shape index (κ2) is 6.22. The molecule has 4 heteroatoms. The lowest BCUT2D eigenvalue weighted by Crippen LogP contribution is -2.35. The highest BCUT2D eigenvalue weighted by Crippen LogP contribution is 2.46. The number of rotatable bonds is 2. The Kier molecular flexibility index (Phi) is 4.00. The summed E-state index contributed by atoms with van der Waals surface area (Å²) in [6, 6.07) is 13.8. The summed E-state index contributed by atoms with van der Waals surface area (Å²) in [5, 5.41) is 27.0. The molecule has 0 amide bonds. The van der Waals surface area contributed by atoms with Gasteiger partial charge in [0.25, 0.3) is 0 Å². The van der Waals surface area contributed by atoms with E-state index in [9.17, 15) is 10.2 Å². The van der Waals surface area contributed by atoms with Crippen molar-refractivity contribution >= 4 is 10.8 Å². The lowest BCUT2D eigenvalue weighted by molar-refractivity contribution is 0.409. The zero-order valence-electron chi connectivity index (χ0n) is 15.2. The first-order chi connectivity index (χ1) is 12.5. The van der Waals surface area contributed by atoms with Gasteiger partial charge in [-0.1, -0.05) is 30.3 Å². The first-order valence-corrected chi connectivity index (χ1v) is 8.91. The summed E-state index contributed by atoms with van der Waals surface area (Å²) in [5.74, 6) is 0.974. The summed E-state index contributed by atoms with van der Waals surface area (Å²) in [6.45, 7) is 4.20. The molecule has 4 rings (SSSR count). The molecule has 0 fully saturated rings. The smallest absolute Gasteiger partial charge is 0.135 e. The summed E-state index contributed by atoms with van der Waals surface area (Å²) < 4.78 is 5.42. The van der Waals surface area contributed by atoms with Gasteiger partial charge in [0.15, 0.2) is 0 Å². The largest absolute Gasteiger partial charge is 0.507 e. The van der Waals surface area contributed by atoms with Crippen LogP contribution in [-0.4, -0.2) is 23.4 Å². The summed E-state index contributed by atoms with van der Waals surface area (Å²) in [5.41, 5.74) is 3.31. The van der Waals surface area contributed by atoms with Crippen LogP contribution in [0.4, 0.5) is 0 Å². The number of phenols is 2. The van der Waals surface area contributed by atoms with Gasteiger partial charge in [-0.25, -0.2) is 0 Å². The highest BCUT2D eigenvalue weighted by atomic mass is 16.5. The second-order valence-corrected chi connectivity index (χ2v) is 7.05. The lowest BCUT2D eigenvalue weighted by Gasteiger charge is -2.30. The fraction of sp³-hybridized carbons (Fsp3) is 0.273. The van der Waals surface area contributed by atoms with Gasteiger partial charge in [-0.05, 0) is 43.4 Å². The molecule has 1 aliphatic heterocycles. The standard InChI is InChI=1S/C22H23NO3/c1-12-11-15-8-10-16(21(24)19(15)13(2)23-12)17-9-7-14-5-4-6-18(26-3)20(14)22(17)25/h4-10,12-13,23-25H,11H2,1-3H3/t12-,13-/m1/s1. The quantitative estimate of drug-likeness (QED) is 0.636. The van der Waals surface area contributed by atoms with Crippen molar-refractivity contribution in [3.05, 3.63) is 53.6 Å². The number of ether oxygens (including phenoxy) is 1. The van der Waals surface area contributed by atoms with Crippen LogP contribution in [0.15, 0.2) is 42.5 Å². The molecule has 0 saturated heterocycles. The van der Waals surface area contributed by atoms with Crippen molar-refractivity contribution in [2.75, 3.05) is 7.11 Å². The maximum atomic E-state index is 11.0. The number of hydrogen-bond donors (Lipinski definition) is 3. The van der Waals surface area contributed by atoms with E-state index in [1.54, 1.807) is 7.11 Å². The number of fused-ring (bicyclic) bond motifs is 2. The molecule has 0 aromatic heterocycles. The van der Waals surface area contributed by atoms with E-state index in [0.717, 1.165) is 22.9 Å². The van der Waals surface area contributed by atoms with Crippen LogP contribution in [0.1, 0.15) is 31.0 Å². The predicted octanol–water partition coefficient (Wildman–Crippen LogP) is 4.52. The Balaban J connectivity index is 1.94. The number of aromatic hydroxyl groups is 2. The van der Waals surface area contributed by atoms with Crippen molar-refractivity contribution in [2.45, 2.75) is 32.4 Å². The fourth-order valence-electron chi connectivity index (χ4n) is 4.14. The van der Waals surface area contributed by atoms with Crippen LogP contribution in [0.5, 0.6) is 17.2 Å². The van der Waals surface area contributed by atoms with E-state index in [4.69, 9.17) is 4.74 Å². The summed E-state index contributed by atoms with van der Waals surface area (Å²) >= 11 is 0. The van der Waals surface area contributed by atoms with Crippen LogP contribution in [0, 0.1) is 0 Å². The van der Waals surface area contributed by atoms with E-state index in [0.29, 0.717) is 28.3 Å². The zero-order valence-corrected chi connectivity index (χ0v) is 15.2.